The molecule has 3 rings (SSSR count). The van der Waals surface area contributed by atoms with Crippen molar-refractivity contribution in [3.05, 3.63) is 52.3 Å². The SMILES string of the molecule is CCOc1ccc(OCC(=O)NCc2sc(-c3cccs3)nc2C)cc1. The number of thiophene rings is 1. The molecule has 2 aromatic heterocycles. The van der Waals surface area contributed by atoms with Crippen molar-refractivity contribution in [3.8, 4) is 21.4 Å². The molecule has 136 valence electrons. The predicted octanol–water partition coefficient (Wildman–Crippen LogP) is 4.27. The molecule has 1 amide bonds. The molecule has 0 saturated carbocycles. The Labute approximate surface area is 160 Å². The predicted molar refractivity (Wildman–Crippen MR) is 105 cm³/mol. The summed E-state index contributed by atoms with van der Waals surface area (Å²) in [6.07, 6.45) is 0. The minimum atomic E-state index is -0.163. The maximum absolute atomic E-state index is 12.0. The molecule has 3 aromatic rings. The number of nitrogens with one attached hydrogen (secondary N) is 1. The van der Waals surface area contributed by atoms with Crippen molar-refractivity contribution >= 4 is 28.6 Å². The molecule has 7 heteroatoms. The maximum Gasteiger partial charge on any atom is 0.258 e. The Kier molecular flexibility index (Phi) is 6.25. The van der Waals surface area contributed by atoms with Crippen LogP contribution in [-0.4, -0.2) is 24.1 Å². The highest BCUT2D eigenvalue weighted by molar-refractivity contribution is 7.21. The number of hydrogen-bond donors (Lipinski definition) is 1. The van der Waals surface area contributed by atoms with E-state index < -0.39 is 0 Å². The number of benzene rings is 1. The van der Waals surface area contributed by atoms with Crippen molar-refractivity contribution in [2.24, 2.45) is 0 Å². The van der Waals surface area contributed by atoms with Crippen molar-refractivity contribution in [1.29, 1.82) is 0 Å². The minimum Gasteiger partial charge on any atom is -0.494 e. The normalized spacial score (nSPS) is 10.5. The lowest BCUT2D eigenvalue weighted by Crippen LogP contribution is -2.28. The molecule has 26 heavy (non-hydrogen) atoms. The van der Waals surface area contributed by atoms with E-state index in [1.807, 2.05) is 37.4 Å². The number of aryl methyl sites for hydroxylation is 1. The summed E-state index contributed by atoms with van der Waals surface area (Å²) in [7, 11) is 0. The van der Waals surface area contributed by atoms with Crippen LogP contribution in [0.15, 0.2) is 41.8 Å². The van der Waals surface area contributed by atoms with Crippen LogP contribution in [0.2, 0.25) is 0 Å². The zero-order valence-corrected chi connectivity index (χ0v) is 16.3. The highest BCUT2D eigenvalue weighted by Crippen LogP contribution is 2.30. The van der Waals surface area contributed by atoms with Gasteiger partial charge in [-0.3, -0.25) is 4.79 Å². The number of ether oxygens (including phenoxy) is 2. The van der Waals surface area contributed by atoms with Crippen LogP contribution in [0.25, 0.3) is 9.88 Å². The number of aromatic nitrogens is 1. The fraction of sp³-hybridized carbons (Fsp3) is 0.263. The topological polar surface area (TPSA) is 60.5 Å². The van der Waals surface area contributed by atoms with Gasteiger partial charge in [0, 0.05) is 4.88 Å². The fourth-order valence-electron chi connectivity index (χ4n) is 2.28. The number of rotatable bonds is 8. The smallest absolute Gasteiger partial charge is 0.258 e. The molecular weight excluding hydrogens is 368 g/mol. The lowest BCUT2D eigenvalue weighted by atomic mass is 10.3. The number of carbonyl (C=O) groups is 1. The Morgan fingerprint density at radius 1 is 1.15 bits per heavy atom. The van der Waals surface area contributed by atoms with Gasteiger partial charge in [0.1, 0.15) is 16.5 Å². The fourth-order valence-corrected chi connectivity index (χ4v) is 4.07. The van der Waals surface area contributed by atoms with Crippen LogP contribution in [0.1, 0.15) is 17.5 Å². The lowest BCUT2D eigenvalue weighted by molar-refractivity contribution is -0.123. The van der Waals surface area contributed by atoms with E-state index in [1.165, 1.54) is 0 Å². The van der Waals surface area contributed by atoms with E-state index in [9.17, 15) is 4.79 Å². The van der Waals surface area contributed by atoms with E-state index >= 15 is 0 Å². The molecule has 2 heterocycles. The molecule has 0 aliphatic carbocycles. The third kappa shape index (κ3) is 4.83. The van der Waals surface area contributed by atoms with E-state index in [1.54, 1.807) is 34.8 Å². The van der Waals surface area contributed by atoms with Crippen LogP contribution in [-0.2, 0) is 11.3 Å². The summed E-state index contributed by atoms with van der Waals surface area (Å²) in [5, 5.41) is 5.91. The Hall–Kier alpha value is -2.38. The first-order chi connectivity index (χ1) is 12.7. The van der Waals surface area contributed by atoms with Gasteiger partial charge >= 0.3 is 0 Å². The lowest BCUT2D eigenvalue weighted by Gasteiger charge is -2.08. The van der Waals surface area contributed by atoms with Gasteiger partial charge in [0.05, 0.1) is 23.7 Å². The van der Waals surface area contributed by atoms with E-state index in [2.05, 4.69) is 16.4 Å². The Balaban J connectivity index is 1.48. The second-order valence-corrected chi connectivity index (χ2v) is 7.51. The summed E-state index contributed by atoms with van der Waals surface area (Å²) in [5.74, 6) is 1.26. The second-order valence-electron chi connectivity index (χ2n) is 5.47. The maximum atomic E-state index is 12.0. The molecule has 0 saturated heterocycles. The average molecular weight is 389 g/mol. The number of hydrogen-bond acceptors (Lipinski definition) is 6. The van der Waals surface area contributed by atoms with Gasteiger partial charge in [-0.05, 0) is 49.6 Å². The van der Waals surface area contributed by atoms with E-state index in [4.69, 9.17) is 9.47 Å². The first-order valence-corrected chi connectivity index (χ1v) is 9.98. The molecule has 5 nitrogen and oxygen atoms in total. The van der Waals surface area contributed by atoms with Crippen LogP contribution in [0.5, 0.6) is 11.5 Å². The number of nitrogens with zero attached hydrogens (tertiary/aromatic N) is 1. The summed E-state index contributed by atoms with van der Waals surface area (Å²) in [5.41, 5.74) is 0.950. The molecule has 1 aromatic carbocycles. The van der Waals surface area contributed by atoms with Crippen LogP contribution in [0, 0.1) is 6.92 Å². The van der Waals surface area contributed by atoms with Crippen molar-refractivity contribution in [3.63, 3.8) is 0 Å². The summed E-state index contributed by atoms with van der Waals surface area (Å²) in [6, 6.07) is 11.3. The molecular formula is C19H20N2O3S2. The summed E-state index contributed by atoms with van der Waals surface area (Å²) >= 11 is 3.27. The Morgan fingerprint density at radius 3 is 2.54 bits per heavy atom. The van der Waals surface area contributed by atoms with Crippen molar-refractivity contribution in [1.82, 2.24) is 10.3 Å². The van der Waals surface area contributed by atoms with Crippen LogP contribution in [0.4, 0.5) is 0 Å². The monoisotopic (exact) mass is 388 g/mol. The molecule has 0 atom stereocenters. The molecule has 0 bridgehead atoms. The molecule has 0 fully saturated rings. The van der Waals surface area contributed by atoms with Crippen molar-refractivity contribution in [2.45, 2.75) is 20.4 Å². The van der Waals surface area contributed by atoms with Gasteiger partial charge < -0.3 is 14.8 Å². The molecule has 0 unspecified atom stereocenters. The van der Waals surface area contributed by atoms with E-state index in [0.717, 1.165) is 26.2 Å². The van der Waals surface area contributed by atoms with Gasteiger partial charge in [-0.15, -0.1) is 22.7 Å². The van der Waals surface area contributed by atoms with Gasteiger partial charge in [0.15, 0.2) is 6.61 Å². The summed E-state index contributed by atoms with van der Waals surface area (Å²) < 4.78 is 10.9. The highest BCUT2D eigenvalue weighted by Gasteiger charge is 2.11. The number of amides is 1. The first kappa shape index (κ1) is 18.4. The van der Waals surface area contributed by atoms with Crippen LogP contribution in [0.3, 0.4) is 0 Å². The van der Waals surface area contributed by atoms with Crippen molar-refractivity contribution < 1.29 is 14.3 Å². The molecule has 0 aliphatic rings. The van der Waals surface area contributed by atoms with Gasteiger partial charge in [-0.1, -0.05) is 6.07 Å². The van der Waals surface area contributed by atoms with Crippen molar-refractivity contribution in [2.75, 3.05) is 13.2 Å². The first-order valence-electron chi connectivity index (χ1n) is 8.28. The molecule has 0 aliphatic heterocycles. The molecule has 0 spiro atoms. The number of carbonyl (C=O) groups excluding carboxylic acids is 1. The van der Waals surface area contributed by atoms with Crippen LogP contribution >= 0.6 is 22.7 Å². The Morgan fingerprint density at radius 2 is 1.88 bits per heavy atom. The second kappa shape index (κ2) is 8.82. The molecule has 0 radical (unpaired) electrons. The zero-order chi connectivity index (χ0) is 18.4. The average Bonchev–Trinajstić information content (AvgIpc) is 3.29. The highest BCUT2D eigenvalue weighted by atomic mass is 32.1. The minimum absolute atomic E-state index is 0.0242. The number of thiazole rings is 1. The third-order valence-electron chi connectivity index (χ3n) is 3.58. The van der Waals surface area contributed by atoms with E-state index in [-0.39, 0.29) is 12.5 Å². The van der Waals surface area contributed by atoms with Crippen LogP contribution < -0.4 is 14.8 Å². The quantitative estimate of drug-likeness (QED) is 0.626. The van der Waals surface area contributed by atoms with Gasteiger partial charge in [-0.25, -0.2) is 4.98 Å². The standard InChI is InChI=1S/C19H20N2O3S2/c1-3-23-14-6-8-15(9-7-14)24-12-18(22)20-11-17-13(2)21-19(26-17)16-5-4-10-25-16/h4-10H,3,11-12H2,1-2H3,(H,20,22). The zero-order valence-electron chi connectivity index (χ0n) is 14.7. The largest absolute Gasteiger partial charge is 0.494 e. The van der Waals surface area contributed by atoms with Gasteiger partial charge in [0.2, 0.25) is 0 Å². The van der Waals surface area contributed by atoms with E-state index in [0.29, 0.717) is 18.9 Å². The Bertz CT molecular complexity index is 842. The third-order valence-corrected chi connectivity index (χ3v) is 5.77. The van der Waals surface area contributed by atoms with Gasteiger partial charge in [-0.2, -0.15) is 0 Å². The van der Waals surface area contributed by atoms with Gasteiger partial charge in [0.25, 0.3) is 5.91 Å². The summed E-state index contributed by atoms with van der Waals surface area (Å²) in [4.78, 5) is 18.8. The summed E-state index contributed by atoms with van der Waals surface area (Å²) in [6.45, 7) is 4.95. The molecule has 1 N–H and O–H groups in total.